The Morgan fingerprint density at radius 1 is 1.44 bits per heavy atom. The molecule has 16 heavy (non-hydrogen) atoms. The fourth-order valence-electron chi connectivity index (χ4n) is 1.56. The lowest BCUT2D eigenvalue weighted by atomic mass is 9.89. The maximum Gasteiger partial charge on any atom is 0.142 e. The largest absolute Gasteiger partial charge is 0.495 e. The number of rotatable bonds is 4. The molecule has 1 aromatic carbocycles. The van der Waals surface area contributed by atoms with Crippen molar-refractivity contribution in [3.8, 4) is 5.75 Å². The van der Waals surface area contributed by atoms with Crippen molar-refractivity contribution in [3.05, 3.63) is 27.7 Å². The van der Waals surface area contributed by atoms with E-state index in [9.17, 15) is 0 Å². The molecule has 5 heteroatoms. The number of ether oxygens (including phenoxy) is 1. The summed E-state index contributed by atoms with van der Waals surface area (Å²) in [6, 6.07) is 3.31. The molecule has 1 aromatic rings. The standard InChI is InChI=1S/C11H15Cl2NO2/c1-11(14,3-4-15)8-5-7(12)6-9(13)10(8)16-2/h5-6,15H,3-4,14H2,1-2H3. The van der Waals surface area contributed by atoms with Gasteiger partial charge in [0.25, 0.3) is 0 Å². The molecule has 0 amide bonds. The Labute approximate surface area is 105 Å². The van der Waals surface area contributed by atoms with Crippen molar-refractivity contribution < 1.29 is 9.84 Å². The third kappa shape index (κ3) is 2.80. The molecule has 3 nitrogen and oxygen atoms in total. The molecule has 1 atom stereocenters. The molecule has 0 bridgehead atoms. The normalized spacial score (nSPS) is 14.6. The van der Waals surface area contributed by atoms with E-state index in [1.807, 2.05) is 0 Å². The first kappa shape index (κ1) is 13.6. The van der Waals surface area contributed by atoms with Gasteiger partial charge >= 0.3 is 0 Å². The van der Waals surface area contributed by atoms with Crippen molar-refractivity contribution in [2.75, 3.05) is 13.7 Å². The van der Waals surface area contributed by atoms with Crippen LogP contribution in [0.4, 0.5) is 0 Å². The predicted molar refractivity (Wildman–Crippen MR) is 66.3 cm³/mol. The first-order valence-corrected chi connectivity index (χ1v) is 5.61. The van der Waals surface area contributed by atoms with E-state index in [0.717, 1.165) is 0 Å². The number of hydrogen-bond donors (Lipinski definition) is 2. The van der Waals surface area contributed by atoms with Gasteiger partial charge in [-0.25, -0.2) is 0 Å². The summed E-state index contributed by atoms with van der Waals surface area (Å²) in [5, 5.41) is 9.89. The summed E-state index contributed by atoms with van der Waals surface area (Å²) < 4.78 is 5.21. The van der Waals surface area contributed by atoms with Crippen molar-refractivity contribution in [2.24, 2.45) is 5.73 Å². The molecule has 1 rings (SSSR count). The lowest BCUT2D eigenvalue weighted by Crippen LogP contribution is -2.34. The molecule has 0 aliphatic rings. The molecule has 0 spiro atoms. The first-order valence-electron chi connectivity index (χ1n) is 4.85. The van der Waals surface area contributed by atoms with Gasteiger partial charge in [-0.1, -0.05) is 23.2 Å². The predicted octanol–water partition coefficient (Wildman–Crippen LogP) is 2.56. The van der Waals surface area contributed by atoms with Crippen LogP contribution in [0, 0.1) is 0 Å². The highest BCUT2D eigenvalue weighted by molar-refractivity contribution is 6.35. The van der Waals surface area contributed by atoms with E-state index in [1.54, 1.807) is 19.1 Å². The van der Waals surface area contributed by atoms with Gasteiger partial charge < -0.3 is 15.6 Å². The van der Waals surface area contributed by atoms with Crippen LogP contribution in [0.15, 0.2) is 12.1 Å². The van der Waals surface area contributed by atoms with Crippen LogP contribution in [0.25, 0.3) is 0 Å². The van der Waals surface area contributed by atoms with E-state index >= 15 is 0 Å². The van der Waals surface area contributed by atoms with E-state index in [-0.39, 0.29) is 6.61 Å². The molecule has 0 fully saturated rings. The van der Waals surface area contributed by atoms with Crippen LogP contribution >= 0.6 is 23.2 Å². The number of aliphatic hydroxyl groups excluding tert-OH is 1. The summed E-state index contributed by atoms with van der Waals surface area (Å²) in [6.07, 6.45) is 0.403. The van der Waals surface area contributed by atoms with Crippen LogP contribution in [-0.4, -0.2) is 18.8 Å². The number of methoxy groups -OCH3 is 1. The number of benzene rings is 1. The Morgan fingerprint density at radius 2 is 2.06 bits per heavy atom. The summed E-state index contributed by atoms with van der Waals surface area (Å²) in [5.41, 5.74) is 6.07. The van der Waals surface area contributed by atoms with E-state index in [0.29, 0.717) is 27.8 Å². The van der Waals surface area contributed by atoms with Crippen LogP contribution in [0.2, 0.25) is 10.0 Å². The summed E-state index contributed by atoms with van der Waals surface area (Å²) in [7, 11) is 1.52. The Bertz CT molecular complexity index is 380. The summed E-state index contributed by atoms with van der Waals surface area (Å²) >= 11 is 11.9. The molecule has 0 saturated heterocycles. The molecule has 0 aliphatic heterocycles. The SMILES string of the molecule is COc1c(Cl)cc(Cl)cc1C(C)(N)CCO. The van der Waals surface area contributed by atoms with Gasteiger partial charge in [-0.15, -0.1) is 0 Å². The van der Waals surface area contributed by atoms with Gasteiger partial charge in [0.1, 0.15) is 5.75 Å². The van der Waals surface area contributed by atoms with Crippen LogP contribution in [-0.2, 0) is 5.54 Å². The van der Waals surface area contributed by atoms with Gasteiger partial charge in [-0.05, 0) is 25.5 Å². The molecule has 1 unspecified atom stereocenters. The number of aliphatic hydroxyl groups is 1. The number of hydrogen-bond acceptors (Lipinski definition) is 3. The van der Waals surface area contributed by atoms with Crippen LogP contribution in [0.1, 0.15) is 18.9 Å². The lowest BCUT2D eigenvalue weighted by Gasteiger charge is -2.27. The van der Waals surface area contributed by atoms with Gasteiger partial charge in [-0.2, -0.15) is 0 Å². The molecule has 0 aliphatic carbocycles. The molecule has 90 valence electrons. The summed E-state index contributed by atoms with van der Waals surface area (Å²) in [4.78, 5) is 0. The van der Waals surface area contributed by atoms with Crippen LogP contribution in [0.5, 0.6) is 5.75 Å². The number of nitrogens with two attached hydrogens (primary N) is 1. The number of halogens is 2. The fourth-order valence-corrected chi connectivity index (χ4v) is 2.13. The highest BCUT2D eigenvalue weighted by Crippen LogP contribution is 2.38. The smallest absolute Gasteiger partial charge is 0.142 e. The summed E-state index contributed by atoms with van der Waals surface area (Å²) in [6.45, 7) is 1.79. The average molecular weight is 264 g/mol. The zero-order chi connectivity index (χ0) is 12.3. The fraction of sp³-hybridized carbons (Fsp3) is 0.455. The van der Waals surface area contributed by atoms with Gasteiger partial charge in [0.05, 0.1) is 12.1 Å². The van der Waals surface area contributed by atoms with Crippen molar-refractivity contribution in [3.63, 3.8) is 0 Å². The molecule has 0 radical (unpaired) electrons. The van der Waals surface area contributed by atoms with Crippen molar-refractivity contribution in [1.29, 1.82) is 0 Å². The molecule has 0 saturated carbocycles. The zero-order valence-corrected chi connectivity index (χ0v) is 10.8. The second-order valence-corrected chi connectivity index (χ2v) is 4.70. The van der Waals surface area contributed by atoms with E-state index in [2.05, 4.69) is 0 Å². The van der Waals surface area contributed by atoms with E-state index in [4.69, 9.17) is 38.8 Å². The molecule has 3 N–H and O–H groups in total. The molecule has 0 heterocycles. The summed E-state index contributed by atoms with van der Waals surface area (Å²) in [5.74, 6) is 0.504. The first-order chi connectivity index (χ1) is 7.42. The highest BCUT2D eigenvalue weighted by Gasteiger charge is 2.26. The van der Waals surface area contributed by atoms with Gasteiger partial charge in [0, 0.05) is 22.7 Å². The topological polar surface area (TPSA) is 55.5 Å². The quantitative estimate of drug-likeness (QED) is 0.878. The third-order valence-electron chi connectivity index (χ3n) is 2.46. The van der Waals surface area contributed by atoms with Crippen LogP contribution < -0.4 is 10.5 Å². The average Bonchev–Trinajstić information content (AvgIpc) is 2.16. The van der Waals surface area contributed by atoms with Gasteiger partial charge in [0.2, 0.25) is 0 Å². The molecular weight excluding hydrogens is 249 g/mol. The second kappa shape index (κ2) is 5.23. The Balaban J connectivity index is 3.30. The van der Waals surface area contributed by atoms with E-state index < -0.39 is 5.54 Å². The zero-order valence-electron chi connectivity index (χ0n) is 9.26. The third-order valence-corrected chi connectivity index (χ3v) is 2.96. The van der Waals surface area contributed by atoms with Gasteiger partial charge in [-0.3, -0.25) is 0 Å². The minimum absolute atomic E-state index is 0.0136. The monoisotopic (exact) mass is 263 g/mol. The molecule has 0 aromatic heterocycles. The van der Waals surface area contributed by atoms with Gasteiger partial charge in [0.15, 0.2) is 0 Å². The minimum Gasteiger partial charge on any atom is -0.495 e. The Kier molecular flexibility index (Phi) is 4.44. The minimum atomic E-state index is -0.728. The van der Waals surface area contributed by atoms with E-state index in [1.165, 1.54) is 7.11 Å². The lowest BCUT2D eigenvalue weighted by molar-refractivity contribution is 0.244. The van der Waals surface area contributed by atoms with Crippen LogP contribution in [0.3, 0.4) is 0 Å². The Morgan fingerprint density at radius 3 is 2.56 bits per heavy atom. The van der Waals surface area contributed by atoms with Crippen molar-refractivity contribution in [1.82, 2.24) is 0 Å². The maximum absolute atomic E-state index is 8.98. The maximum atomic E-state index is 8.98. The molecular formula is C11H15Cl2NO2. The second-order valence-electron chi connectivity index (χ2n) is 3.86. The van der Waals surface area contributed by atoms with Crippen molar-refractivity contribution in [2.45, 2.75) is 18.9 Å². The highest BCUT2D eigenvalue weighted by atomic mass is 35.5. The van der Waals surface area contributed by atoms with Crippen molar-refractivity contribution >= 4 is 23.2 Å². The Hall–Kier alpha value is -0.480.